The van der Waals surface area contributed by atoms with Crippen LogP contribution >= 0.6 is 11.3 Å². The summed E-state index contributed by atoms with van der Waals surface area (Å²) in [6, 6.07) is 15.3. The van der Waals surface area contributed by atoms with Crippen LogP contribution in [-0.4, -0.2) is 17.6 Å². The molecule has 0 aliphatic rings. The fourth-order valence-corrected chi connectivity index (χ4v) is 2.93. The van der Waals surface area contributed by atoms with Gasteiger partial charge in [-0.1, -0.05) is 36.9 Å². The molecule has 3 rings (SSSR count). The number of carbonyl (C=O) groups is 1. The molecule has 0 fully saturated rings. The third-order valence-electron chi connectivity index (χ3n) is 2.99. The molecule has 0 N–H and O–H groups in total. The zero-order chi connectivity index (χ0) is 14.7. The summed E-state index contributed by atoms with van der Waals surface area (Å²) in [6.45, 7) is 3.74. The van der Waals surface area contributed by atoms with Gasteiger partial charge in [-0.3, -0.25) is 0 Å². The number of fused-ring (bicyclic) bond motifs is 1. The third-order valence-corrected chi connectivity index (χ3v) is 4.08. The molecule has 1 heterocycles. The highest BCUT2D eigenvalue weighted by atomic mass is 32.1. The van der Waals surface area contributed by atoms with Gasteiger partial charge in [-0.2, -0.15) is 0 Å². The molecule has 4 heteroatoms. The lowest BCUT2D eigenvalue weighted by atomic mass is 10.1. The molecule has 3 aromatic rings. The smallest absolute Gasteiger partial charge is 0.338 e. The SMILES string of the molecule is C=CCOC(=O)c1ccc(-c2nc3ccccc3s2)cc1. The van der Waals surface area contributed by atoms with E-state index in [1.165, 1.54) is 0 Å². The number of esters is 1. The Morgan fingerprint density at radius 1 is 1.19 bits per heavy atom. The molecule has 104 valence electrons. The quantitative estimate of drug-likeness (QED) is 0.532. The van der Waals surface area contributed by atoms with Crippen molar-refractivity contribution in [1.82, 2.24) is 4.98 Å². The van der Waals surface area contributed by atoms with Gasteiger partial charge in [0.15, 0.2) is 0 Å². The van der Waals surface area contributed by atoms with E-state index in [2.05, 4.69) is 17.6 Å². The van der Waals surface area contributed by atoms with Crippen molar-refractivity contribution >= 4 is 27.5 Å². The van der Waals surface area contributed by atoms with Crippen LogP contribution in [0.15, 0.2) is 61.2 Å². The van der Waals surface area contributed by atoms with E-state index in [4.69, 9.17) is 4.74 Å². The van der Waals surface area contributed by atoms with Gasteiger partial charge in [0.25, 0.3) is 0 Å². The number of nitrogens with zero attached hydrogens (tertiary/aromatic N) is 1. The summed E-state index contributed by atoms with van der Waals surface area (Å²) in [5.41, 5.74) is 2.52. The molecule has 0 unspecified atom stereocenters. The number of hydrogen-bond acceptors (Lipinski definition) is 4. The fraction of sp³-hybridized carbons (Fsp3) is 0.0588. The van der Waals surface area contributed by atoms with Crippen molar-refractivity contribution in [3.8, 4) is 10.6 Å². The van der Waals surface area contributed by atoms with Gasteiger partial charge in [0, 0.05) is 5.56 Å². The lowest BCUT2D eigenvalue weighted by molar-refractivity contribution is 0.0550. The van der Waals surface area contributed by atoms with Crippen molar-refractivity contribution in [2.45, 2.75) is 0 Å². The summed E-state index contributed by atoms with van der Waals surface area (Å²) < 4.78 is 6.16. The highest BCUT2D eigenvalue weighted by molar-refractivity contribution is 7.21. The molecule has 3 nitrogen and oxygen atoms in total. The first-order valence-electron chi connectivity index (χ1n) is 6.52. The van der Waals surface area contributed by atoms with E-state index in [-0.39, 0.29) is 12.6 Å². The molecule has 0 aliphatic carbocycles. The summed E-state index contributed by atoms with van der Waals surface area (Å²) in [7, 11) is 0. The normalized spacial score (nSPS) is 10.5. The van der Waals surface area contributed by atoms with Gasteiger partial charge in [0.1, 0.15) is 11.6 Å². The summed E-state index contributed by atoms with van der Waals surface area (Å²) in [5, 5.41) is 0.946. The Morgan fingerprint density at radius 2 is 1.95 bits per heavy atom. The van der Waals surface area contributed by atoms with Crippen LogP contribution in [-0.2, 0) is 4.74 Å². The average Bonchev–Trinajstić information content (AvgIpc) is 2.96. The Kier molecular flexibility index (Phi) is 3.79. The Morgan fingerprint density at radius 3 is 2.67 bits per heavy atom. The minimum Gasteiger partial charge on any atom is -0.458 e. The first-order valence-corrected chi connectivity index (χ1v) is 7.33. The lowest BCUT2D eigenvalue weighted by Crippen LogP contribution is -2.04. The number of para-hydroxylation sites is 1. The van der Waals surface area contributed by atoms with Gasteiger partial charge in [-0.05, 0) is 24.3 Å². The van der Waals surface area contributed by atoms with E-state index in [0.29, 0.717) is 5.56 Å². The maximum Gasteiger partial charge on any atom is 0.338 e. The van der Waals surface area contributed by atoms with Crippen LogP contribution in [0.3, 0.4) is 0 Å². The number of ether oxygens (including phenoxy) is 1. The second kappa shape index (κ2) is 5.89. The first-order chi connectivity index (χ1) is 10.3. The van der Waals surface area contributed by atoms with Crippen molar-refractivity contribution < 1.29 is 9.53 Å². The second-order valence-corrected chi connectivity index (χ2v) is 5.48. The molecule has 0 saturated carbocycles. The molecule has 0 aliphatic heterocycles. The molecule has 0 saturated heterocycles. The third kappa shape index (κ3) is 2.85. The zero-order valence-corrected chi connectivity index (χ0v) is 12.1. The monoisotopic (exact) mass is 295 g/mol. The topological polar surface area (TPSA) is 39.2 Å². The van der Waals surface area contributed by atoms with Crippen LogP contribution in [0.4, 0.5) is 0 Å². The molecular formula is C17H13NO2S. The standard InChI is InChI=1S/C17H13NO2S/c1-2-11-20-17(19)13-9-7-12(8-10-13)16-18-14-5-3-4-6-15(14)21-16/h2-10H,1,11H2. The van der Waals surface area contributed by atoms with Crippen molar-refractivity contribution in [2.75, 3.05) is 6.61 Å². The molecule has 0 atom stereocenters. The number of hydrogen-bond donors (Lipinski definition) is 0. The Labute approximate surface area is 126 Å². The summed E-state index contributed by atoms with van der Waals surface area (Å²) in [6.07, 6.45) is 1.55. The van der Waals surface area contributed by atoms with Crippen molar-refractivity contribution in [1.29, 1.82) is 0 Å². The van der Waals surface area contributed by atoms with Gasteiger partial charge in [-0.25, -0.2) is 9.78 Å². The van der Waals surface area contributed by atoms with Gasteiger partial charge in [0.05, 0.1) is 15.8 Å². The van der Waals surface area contributed by atoms with Crippen molar-refractivity contribution in [2.24, 2.45) is 0 Å². The van der Waals surface area contributed by atoms with Crippen LogP contribution in [0, 0.1) is 0 Å². The Hall–Kier alpha value is -2.46. The number of carbonyl (C=O) groups excluding carboxylic acids is 1. The maximum atomic E-state index is 11.7. The maximum absolute atomic E-state index is 11.7. The summed E-state index contributed by atoms with van der Waals surface area (Å²) in [4.78, 5) is 16.3. The molecule has 0 radical (unpaired) electrons. The van der Waals surface area contributed by atoms with Crippen molar-refractivity contribution in [3.05, 3.63) is 66.7 Å². The van der Waals surface area contributed by atoms with E-state index in [0.717, 1.165) is 20.8 Å². The molecule has 0 amide bonds. The highest BCUT2D eigenvalue weighted by Gasteiger charge is 2.09. The molecule has 0 spiro atoms. The summed E-state index contributed by atoms with van der Waals surface area (Å²) >= 11 is 1.64. The van der Waals surface area contributed by atoms with Crippen molar-refractivity contribution in [3.63, 3.8) is 0 Å². The zero-order valence-electron chi connectivity index (χ0n) is 11.3. The average molecular weight is 295 g/mol. The van der Waals surface area contributed by atoms with E-state index in [1.807, 2.05) is 30.3 Å². The molecular weight excluding hydrogens is 282 g/mol. The summed E-state index contributed by atoms with van der Waals surface area (Å²) in [5.74, 6) is -0.342. The highest BCUT2D eigenvalue weighted by Crippen LogP contribution is 2.30. The van der Waals surface area contributed by atoms with Gasteiger partial charge in [0.2, 0.25) is 0 Å². The van der Waals surface area contributed by atoms with Crippen LogP contribution in [0.5, 0.6) is 0 Å². The Balaban J connectivity index is 1.86. The minimum absolute atomic E-state index is 0.221. The lowest BCUT2D eigenvalue weighted by Gasteiger charge is -2.02. The van der Waals surface area contributed by atoms with Crippen LogP contribution in [0.1, 0.15) is 10.4 Å². The van der Waals surface area contributed by atoms with E-state index < -0.39 is 0 Å². The molecule has 2 aromatic carbocycles. The van der Waals surface area contributed by atoms with Crippen LogP contribution < -0.4 is 0 Å². The predicted octanol–water partition coefficient (Wildman–Crippen LogP) is 4.31. The Bertz CT molecular complexity index is 757. The van der Waals surface area contributed by atoms with Gasteiger partial charge in [-0.15, -0.1) is 11.3 Å². The largest absolute Gasteiger partial charge is 0.458 e. The fourth-order valence-electron chi connectivity index (χ4n) is 1.96. The molecule has 1 aromatic heterocycles. The second-order valence-electron chi connectivity index (χ2n) is 4.45. The molecule has 0 bridgehead atoms. The van der Waals surface area contributed by atoms with E-state index in [1.54, 1.807) is 29.5 Å². The van der Waals surface area contributed by atoms with Gasteiger partial charge < -0.3 is 4.74 Å². The number of rotatable bonds is 4. The van der Waals surface area contributed by atoms with E-state index in [9.17, 15) is 4.79 Å². The number of benzene rings is 2. The number of thiazole rings is 1. The van der Waals surface area contributed by atoms with Crippen LogP contribution in [0.2, 0.25) is 0 Å². The van der Waals surface area contributed by atoms with E-state index >= 15 is 0 Å². The van der Waals surface area contributed by atoms with Crippen LogP contribution in [0.25, 0.3) is 20.8 Å². The van der Waals surface area contributed by atoms with Gasteiger partial charge >= 0.3 is 5.97 Å². The first kappa shape index (κ1) is 13.5. The molecule has 21 heavy (non-hydrogen) atoms. The minimum atomic E-state index is -0.342. The predicted molar refractivity (Wildman–Crippen MR) is 85.5 cm³/mol. The number of aromatic nitrogens is 1.